The normalized spacial score (nSPS) is 21.5. The number of benzene rings is 1. The van der Waals surface area contributed by atoms with Gasteiger partial charge in [0.1, 0.15) is 5.82 Å². The molecule has 2 aliphatic rings. The first kappa shape index (κ1) is 16.9. The molecule has 4 nitrogen and oxygen atoms in total. The van der Waals surface area contributed by atoms with E-state index in [9.17, 15) is 0 Å². The first-order chi connectivity index (χ1) is 12.1. The van der Waals surface area contributed by atoms with Gasteiger partial charge < -0.3 is 10.2 Å². The SMILES string of the molecule is Cc1cc(Cl)ccc1-n1nc(C2CCCN(C)C2)c2c1NCCCC2. The Bertz CT molecular complexity index is 767. The summed E-state index contributed by atoms with van der Waals surface area (Å²) in [5, 5.41) is 9.57. The molecule has 1 N–H and O–H groups in total. The quantitative estimate of drug-likeness (QED) is 0.864. The highest BCUT2D eigenvalue weighted by Crippen LogP contribution is 2.36. The Morgan fingerprint density at radius 3 is 2.92 bits per heavy atom. The maximum atomic E-state index is 6.17. The fourth-order valence-electron chi connectivity index (χ4n) is 4.28. The fourth-order valence-corrected chi connectivity index (χ4v) is 4.50. The average Bonchev–Trinajstić information content (AvgIpc) is 2.77. The molecule has 0 bridgehead atoms. The lowest BCUT2D eigenvalue weighted by molar-refractivity contribution is 0.247. The maximum absolute atomic E-state index is 6.17. The van der Waals surface area contributed by atoms with E-state index < -0.39 is 0 Å². The lowest BCUT2D eigenvalue weighted by Crippen LogP contribution is -2.31. The Hall–Kier alpha value is -1.52. The van der Waals surface area contributed by atoms with Crippen LogP contribution in [0.25, 0.3) is 5.69 Å². The maximum Gasteiger partial charge on any atom is 0.133 e. The average molecular weight is 359 g/mol. The van der Waals surface area contributed by atoms with E-state index in [0.717, 1.165) is 35.8 Å². The molecule has 5 heteroatoms. The second-order valence-electron chi connectivity index (χ2n) is 7.54. The van der Waals surface area contributed by atoms with E-state index >= 15 is 0 Å². The highest BCUT2D eigenvalue weighted by atomic mass is 35.5. The van der Waals surface area contributed by atoms with E-state index in [1.54, 1.807) is 0 Å². The number of fused-ring (bicyclic) bond motifs is 1. The number of anilines is 1. The molecule has 1 aromatic heterocycles. The molecule has 0 aliphatic carbocycles. The van der Waals surface area contributed by atoms with Crippen LogP contribution in [0.1, 0.15) is 48.4 Å². The van der Waals surface area contributed by atoms with Gasteiger partial charge in [0.25, 0.3) is 0 Å². The number of nitrogens with one attached hydrogen (secondary N) is 1. The predicted molar refractivity (Wildman–Crippen MR) is 104 cm³/mol. The first-order valence-corrected chi connectivity index (χ1v) is 9.82. The number of likely N-dealkylation sites (tertiary alicyclic amines) is 1. The van der Waals surface area contributed by atoms with Gasteiger partial charge in [-0.3, -0.25) is 0 Å². The van der Waals surface area contributed by atoms with Crippen LogP contribution in [0, 0.1) is 6.92 Å². The van der Waals surface area contributed by atoms with E-state index in [4.69, 9.17) is 16.7 Å². The van der Waals surface area contributed by atoms with Crippen LogP contribution in [0.4, 0.5) is 5.82 Å². The van der Waals surface area contributed by atoms with E-state index in [-0.39, 0.29) is 0 Å². The van der Waals surface area contributed by atoms with Crippen molar-refractivity contribution in [3.8, 4) is 5.69 Å². The summed E-state index contributed by atoms with van der Waals surface area (Å²) in [6, 6.07) is 6.08. The van der Waals surface area contributed by atoms with E-state index in [0.29, 0.717) is 5.92 Å². The minimum absolute atomic E-state index is 0.543. The number of hydrogen-bond acceptors (Lipinski definition) is 3. The summed E-state index contributed by atoms with van der Waals surface area (Å²) < 4.78 is 2.14. The first-order valence-electron chi connectivity index (χ1n) is 9.44. The van der Waals surface area contributed by atoms with Gasteiger partial charge in [-0.2, -0.15) is 5.10 Å². The van der Waals surface area contributed by atoms with Crippen molar-refractivity contribution in [1.29, 1.82) is 0 Å². The van der Waals surface area contributed by atoms with Crippen LogP contribution in [0.5, 0.6) is 0 Å². The zero-order valence-electron chi connectivity index (χ0n) is 15.2. The molecule has 3 heterocycles. The van der Waals surface area contributed by atoms with Crippen molar-refractivity contribution in [2.75, 3.05) is 32.0 Å². The summed E-state index contributed by atoms with van der Waals surface area (Å²) in [6.07, 6.45) is 6.09. The Kier molecular flexibility index (Phi) is 4.74. The van der Waals surface area contributed by atoms with Gasteiger partial charge in [0.2, 0.25) is 0 Å². The topological polar surface area (TPSA) is 33.1 Å². The number of likely N-dealkylation sites (N-methyl/N-ethyl adjacent to an activating group) is 1. The van der Waals surface area contributed by atoms with Crippen molar-refractivity contribution in [2.45, 2.75) is 44.9 Å². The minimum Gasteiger partial charge on any atom is -0.370 e. The molecule has 1 aromatic carbocycles. The van der Waals surface area contributed by atoms with Crippen LogP contribution >= 0.6 is 11.6 Å². The lowest BCUT2D eigenvalue weighted by Gasteiger charge is -2.29. The van der Waals surface area contributed by atoms with Crippen molar-refractivity contribution in [3.05, 3.63) is 40.0 Å². The summed E-state index contributed by atoms with van der Waals surface area (Å²) >= 11 is 6.17. The van der Waals surface area contributed by atoms with Gasteiger partial charge in [-0.15, -0.1) is 0 Å². The molecule has 25 heavy (non-hydrogen) atoms. The summed E-state index contributed by atoms with van der Waals surface area (Å²) in [6.45, 7) is 5.45. The van der Waals surface area contributed by atoms with E-state index in [2.05, 4.69) is 34.9 Å². The number of hydrogen-bond donors (Lipinski definition) is 1. The summed E-state index contributed by atoms with van der Waals surface area (Å²) in [5.41, 5.74) is 5.04. The molecule has 1 unspecified atom stereocenters. The van der Waals surface area contributed by atoms with Crippen molar-refractivity contribution in [3.63, 3.8) is 0 Å². The third-order valence-electron chi connectivity index (χ3n) is 5.56. The largest absolute Gasteiger partial charge is 0.370 e. The number of rotatable bonds is 2. The van der Waals surface area contributed by atoms with Crippen LogP contribution in [0.15, 0.2) is 18.2 Å². The highest BCUT2D eigenvalue weighted by Gasteiger charge is 2.28. The fraction of sp³-hybridized carbons (Fsp3) is 0.550. The Labute approximate surface area is 155 Å². The zero-order valence-corrected chi connectivity index (χ0v) is 15.9. The molecule has 1 atom stereocenters. The van der Waals surface area contributed by atoms with Crippen molar-refractivity contribution in [2.24, 2.45) is 0 Å². The molecule has 2 aliphatic heterocycles. The Morgan fingerprint density at radius 1 is 1.24 bits per heavy atom. The van der Waals surface area contributed by atoms with E-state index in [1.165, 1.54) is 49.3 Å². The number of halogens is 1. The van der Waals surface area contributed by atoms with Crippen molar-refractivity contribution < 1.29 is 0 Å². The number of nitrogens with zero attached hydrogens (tertiary/aromatic N) is 3. The van der Waals surface area contributed by atoms with Gasteiger partial charge in [0.15, 0.2) is 0 Å². The molecule has 0 spiro atoms. The number of aromatic nitrogens is 2. The van der Waals surface area contributed by atoms with Crippen molar-refractivity contribution in [1.82, 2.24) is 14.7 Å². The molecule has 0 saturated carbocycles. The Morgan fingerprint density at radius 2 is 2.12 bits per heavy atom. The predicted octanol–water partition coefficient (Wildman–Crippen LogP) is 4.39. The molecule has 2 aromatic rings. The van der Waals surface area contributed by atoms with Gasteiger partial charge in [0, 0.05) is 29.6 Å². The molecular weight excluding hydrogens is 332 g/mol. The molecular formula is C20H27ClN4. The molecule has 4 rings (SSSR count). The molecule has 1 saturated heterocycles. The number of piperidine rings is 1. The van der Waals surface area contributed by atoms with Gasteiger partial charge >= 0.3 is 0 Å². The molecule has 134 valence electrons. The third kappa shape index (κ3) is 3.30. The molecule has 1 fully saturated rings. The standard InChI is InChI=1S/C20H27ClN4/c1-14-12-16(21)8-9-18(14)25-20-17(7-3-4-10-22-20)19(23-25)15-6-5-11-24(2)13-15/h8-9,12,15,22H,3-7,10-11,13H2,1-2H3. The van der Waals surface area contributed by atoms with E-state index in [1.807, 2.05) is 12.1 Å². The lowest BCUT2D eigenvalue weighted by atomic mass is 9.91. The Balaban J connectivity index is 1.81. The van der Waals surface area contributed by atoms with Crippen LogP contribution in [0.2, 0.25) is 5.02 Å². The molecule has 0 radical (unpaired) electrons. The third-order valence-corrected chi connectivity index (χ3v) is 5.79. The van der Waals surface area contributed by atoms with Crippen LogP contribution in [-0.4, -0.2) is 41.4 Å². The van der Waals surface area contributed by atoms with Crippen molar-refractivity contribution >= 4 is 17.4 Å². The van der Waals surface area contributed by atoms with Crippen LogP contribution in [0.3, 0.4) is 0 Å². The zero-order chi connectivity index (χ0) is 17.4. The smallest absolute Gasteiger partial charge is 0.133 e. The summed E-state index contributed by atoms with van der Waals surface area (Å²) in [4.78, 5) is 2.44. The van der Waals surface area contributed by atoms with Crippen LogP contribution in [-0.2, 0) is 6.42 Å². The minimum atomic E-state index is 0.543. The summed E-state index contributed by atoms with van der Waals surface area (Å²) in [5.74, 6) is 1.74. The second kappa shape index (κ2) is 7.00. The number of aryl methyl sites for hydroxylation is 1. The van der Waals surface area contributed by atoms with Crippen LogP contribution < -0.4 is 5.32 Å². The van der Waals surface area contributed by atoms with Gasteiger partial charge in [-0.25, -0.2) is 4.68 Å². The molecule has 0 amide bonds. The van der Waals surface area contributed by atoms with Gasteiger partial charge in [0.05, 0.1) is 11.4 Å². The van der Waals surface area contributed by atoms with Gasteiger partial charge in [-0.05, 0) is 76.4 Å². The second-order valence-corrected chi connectivity index (χ2v) is 7.98. The van der Waals surface area contributed by atoms with Gasteiger partial charge in [-0.1, -0.05) is 11.6 Å². The monoisotopic (exact) mass is 358 g/mol. The summed E-state index contributed by atoms with van der Waals surface area (Å²) in [7, 11) is 2.23. The highest BCUT2D eigenvalue weighted by molar-refractivity contribution is 6.30.